The summed E-state index contributed by atoms with van der Waals surface area (Å²) in [7, 11) is 0. The SMILES string of the molecule is C[C@H](C/C=C/C(C)(C)OO)[C@H]1CC[C@@]2(C)[C@@H]3CC=C4[C@@H](CC[C@H](O)C4(C)C)[C@]3(C)CC[C@]12C. The van der Waals surface area contributed by atoms with Crippen molar-refractivity contribution in [2.75, 3.05) is 0 Å². The van der Waals surface area contributed by atoms with E-state index in [2.05, 4.69) is 58.6 Å². The molecule has 8 atom stereocenters. The van der Waals surface area contributed by atoms with Gasteiger partial charge < -0.3 is 5.11 Å². The minimum Gasteiger partial charge on any atom is -0.392 e. The summed E-state index contributed by atoms with van der Waals surface area (Å²) in [5.41, 5.74) is 1.98. The molecule has 4 aliphatic rings. The first-order valence-corrected chi connectivity index (χ1v) is 13.6. The molecule has 0 aromatic heterocycles. The quantitative estimate of drug-likeness (QED) is 0.251. The van der Waals surface area contributed by atoms with Gasteiger partial charge in [0.15, 0.2) is 0 Å². The number of hydrogen-bond donors (Lipinski definition) is 2. The molecule has 0 spiro atoms. The second-order valence-electron chi connectivity index (χ2n) is 14.1. The van der Waals surface area contributed by atoms with Gasteiger partial charge in [-0.1, -0.05) is 65.3 Å². The first-order valence-electron chi connectivity index (χ1n) is 13.6. The Morgan fingerprint density at radius 3 is 2.42 bits per heavy atom. The molecule has 3 nitrogen and oxygen atoms in total. The van der Waals surface area contributed by atoms with Crippen LogP contribution in [0, 0.1) is 45.3 Å². The van der Waals surface area contributed by atoms with E-state index in [1.54, 1.807) is 5.57 Å². The smallest absolute Gasteiger partial charge is 0.116 e. The first-order chi connectivity index (χ1) is 15.2. The average Bonchev–Trinajstić information content (AvgIpc) is 3.02. The van der Waals surface area contributed by atoms with Crippen molar-refractivity contribution < 1.29 is 15.3 Å². The van der Waals surface area contributed by atoms with Crippen LogP contribution in [0.25, 0.3) is 0 Å². The van der Waals surface area contributed by atoms with Gasteiger partial charge in [-0.3, -0.25) is 5.26 Å². The lowest BCUT2D eigenvalue weighted by molar-refractivity contribution is -0.297. The molecule has 0 aliphatic heterocycles. The lowest BCUT2D eigenvalue weighted by Gasteiger charge is -2.66. The van der Waals surface area contributed by atoms with Crippen molar-refractivity contribution in [1.29, 1.82) is 0 Å². The fourth-order valence-electron chi connectivity index (χ4n) is 9.39. The molecule has 0 heterocycles. The molecule has 4 aliphatic carbocycles. The number of aliphatic hydroxyl groups excluding tert-OH is 1. The lowest BCUT2D eigenvalue weighted by atomic mass is 9.39. The molecule has 3 saturated carbocycles. The molecular formula is C30H50O3. The average molecular weight is 459 g/mol. The highest BCUT2D eigenvalue weighted by Gasteiger charge is 2.67. The van der Waals surface area contributed by atoms with Crippen LogP contribution in [0.5, 0.6) is 0 Å². The maximum atomic E-state index is 10.8. The Bertz CT molecular complexity index is 809. The minimum atomic E-state index is -0.617. The van der Waals surface area contributed by atoms with E-state index in [9.17, 15) is 5.11 Å². The van der Waals surface area contributed by atoms with E-state index in [1.807, 2.05) is 19.9 Å². The van der Waals surface area contributed by atoms with Crippen LogP contribution < -0.4 is 0 Å². The van der Waals surface area contributed by atoms with Crippen molar-refractivity contribution in [1.82, 2.24) is 0 Å². The van der Waals surface area contributed by atoms with Gasteiger partial charge in [-0.05, 0) is 105 Å². The summed E-state index contributed by atoms with van der Waals surface area (Å²) in [6.07, 6.45) is 16.3. The van der Waals surface area contributed by atoms with E-state index in [4.69, 9.17) is 5.26 Å². The van der Waals surface area contributed by atoms with Crippen LogP contribution in [-0.4, -0.2) is 22.1 Å². The lowest BCUT2D eigenvalue weighted by Crippen LogP contribution is -2.59. The maximum Gasteiger partial charge on any atom is 0.116 e. The van der Waals surface area contributed by atoms with E-state index in [0.29, 0.717) is 28.1 Å². The summed E-state index contributed by atoms with van der Waals surface area (Å²) >= 11 is 0. The molecule has 188 valence electrons. The topological polar surface area (TPSA) is 49.7 Å². The van der Waals surface area contributed by atoms with Gasteiger partial charge in [0.2, 0.25) is 0 Å². The van der Waals surface area contributed by atoms with Gasteiger partial charge in [-0.15, -0.1) is 0 Å². The van der Waals surface area contributed by atoms with E-state index in [0.717, 1.165) is 31.1 Å². The van der Waals surface area contributed by atoms with Crippen LogP contribution >= 0.6 is 0 Å². The monoisotopic (exact) mass is 458 g/mol. The third-order valence-corrected chi connectivity index (χ3v) is 11.8. The Hall–Kier alpha value is -0.640. The molecule has 0 bridgehead atoms. The molecule has 0 amide bonds. The minimum absolute atomic E-state index is 0.0797. The molecule has 0 radical (unpaired) electrons. The zero-order valence-corrected chi connectivity index (χ0v) is 22.6. The fraction of sp³-hybridized carbons (Fsp3) is 0.867. The second kappa shape index (κ2) is 8.20. The summed E-state index contributed by atoms with van der Waals surface area (Å²) in [6.45, 7) is 18.7. The molecule has 4 rings (SSSR count). The van der Waals surface area contributed by atoms with E-state index in [1.165, 1.54) is 32.1 Å². The molecular weight excluding hydrogens is 408 g/mol. The zero-order valence-electron chi connectivity index (χ0n) is 22.6. The highest BCUT2D eigenvalue weighted by Crippen LogP contribution is 2.74. The van der Waals surface area contributed by atoms with Crippen LogP contribution in [-0.2, 0) is 4.89 Å². The van der Waals surface area contributed by atoms with Crippen molar-refractivity contribution in [3.8, 4) is 0 Å². The summed E-state index contributed by atoms with van der Waals surface area (Å²) in [6, 6.07) is 0. The van der Waals surface area contributed by atoms with Crippen molar-refractivity contribution >= 4 is 0 Å². The highest BCUT2D eigenvalue weighted by molar-refractivity contribution is 5.30. The number of hydrogen-bond acceptors (Lipinski definition) is 3. The largest absolute Gasteiger partial charge is 0.392 e. The Morgan fingerprint density at radius 1 is 1.06 bits per heavy atom. The van der Waals surface area contributed by atoms with Crippen molar-refractivity contribution in [3.05, 3.63) is 23.8 Å². The highest BCUT2D eigenvalue weighted by atomic mass is 17.1. The van der Waals surface area contributed by atoms with Crippen LogP contribution in [0.4, 0.5) is 0 Å². The Kier molecular flexibility index (Phi) is 6.33. The molecule has 0 aromatic rings. The molecule has 3 heteroatoms. The Morgan fingerprint density at radius 2 is 1.76 bits per heavy atom. The number of fused-ring (bicyclic) bond motifs is 5. The summed E-state index contributed by atoms with van der Waals surface area (Å²) < 4.78 is 0. The van der Waals surface area contributed by atoms with Gasteiger partial charge in [0.25, 0.3) is 0 Å². The molecule has 33 heavy (non-hydrogen) atoms. The third kappa shape index (κ3) is 3.71. The Balaban J connectivity index is 1.59. The van der Waals surface area contributed by atoms with Crippen LogP contribution in [0.1, 0.15) is 107 Å². The van der Waals surface area contributed by atoms with Crippen molar-refractivity contribution in [2.24, 2.45) is 45.3 Å². The summed E-state index contributed by atoms with van der Waals surface area (Å²) in [5, 5.41) is 19.9. The summed E-state index contributed by atoms with van der Waals surface area (Å²) in [4.78, 5) is 4.59. The standard InChI is InChI=1S/C30H50O3/c1-20(10-9-16-26(2,3)33-32)21-15-17-30(8)24-13-11-22-23(12-14-25(31)27(22,4)5)28(24,6)18-19-29(21,30)7/h9,11,16,20-21,23-25,31-32H,10,12-15,17-19H2,1-8H3/b16-9+/t20-,21-,23-,24-,25+,28+,29-,30+/m1/s1. The van der Waals surface area contributed by atoms with Gasteiger partial charge in [0.1, 0.15) is 5.60 Å². The van der Waals surface area contributed by atoms with Gasteiger partial charge in [-0.2, -0.15) is 0 Å². The van der Waals surface area contributed by atoms with Crippen LogP contribution in [0.15, 0.2) is 23.8 Å². The predicted molar refractivity (Wildman–Crippen MR) is 136 cm³/mol. The molecule has 0 saturated heterocycles. The maximum absolute atomic E-state index is 10.8. The molecule has 2 N–H and O–H groups in total. The van der Waals surface area contributed by atoms with Gasteiger partial charge in [0, 0.05) is 5.41 Å². The third-order valence-electron chi connectivity index (χ3n) is 11.8. The van der Waals surface area contributed by atoms with E-state index >= 15 is 0 Å². The second-order valence-corrected chi connectivity index (χ2v) is 14.1. The predicted octanol–water partition coefficient (Wildman–Crippen LogP) is 7.80. The number of allylic oxidation sites excluding steroid dienone is 2. The van der Waals surface area contributed by atoms with E-state index in [-0.39, 0.29) is 11.5 Å². The molecule has 3 fully saturated rings. The van der Waals surface area contributed by atoms with Gasteiger partial charge in [-0.25, -0.2) is 4.89 Å². The molecule has 0 aromatic carbocycles. The van der Waals surface area contributed by atoms with Crippen molar-refractivity contribution in [2.45, 2.75) is 118 Å². The van der Waals surface area contributed by atoms with Crippen LogP contribution in [0.3, 0.4) is 0 Å². The number of aliphatic hydroxyl groups is 1. The van der Waals surface area contributed by atoms with Crippen LogP contribution in [0.2, 0.25) is 0 Å². The molecule has 0 unspecified atom stereocenters. The first kappa shape index (κ1) is 25.5. The van der Waals surface area contributed by atoms with E-state index < -0.39 is 5.60 Å². The van der Waals surface area contributed by atoms with Crippen molar-refractivity contribution in [3.63, 3.8) is 0 Å². The zero-order chi connectivity index (χ0) is 24.4. The van der Waals surface area contributed by atoms with Gasteiger partial charge >= 0.3 is 0 Å². The summed E-state index contributed by atoms with van der Waals surface area (Å²) in [5.74, 6) is 2.74. The Labute approximate surface area is 203 Å². The van der Waals surface area contributed by atoms with Gasteiger partial charge in [0.05, 0.1) is 6.10 Å². The normalized spacial score (nSPS) is 45.8. The fourth-order valence-corrected chi connectivity index (χ4v) is 9.39. The number of rotatable bonds is 5.